The van der Waals surface area contributed by atoms with Crippen molar-refractivity contribution in [2.75, 3.05) is 18.0 Å². The van der Waals surface area contributed by atoms with Crippen LogP contribution in [0.1, 0.15) is 30.0 Å². The van der Waals surface area contributed by atoms with E-state index >= 15 is 0 Å². The van der Waals surface area contributed by atoms with Crippen LogP contribution in [0.15, 0.2) is 36.9 Å². The van der Waals surface area contributed by atoms with Gasteiger partial charge in [0.05, 0.1) is 30.7 Å². The summed E-state index contributed by atoms with van der Waals surface area (Å²) in [6.45, 7) is 5.06. The Morgan fingerprint density at radius 3 is 2.72 bits per heavy atom. The SMILES string of the molecule is Cc1[nH]ncc1C1CN(c2cc(-c3cnc4ccc(C(F)(F)F)nn34)ncn2)CC(C)O1. The Morgan fingerprint density at radius 2 is 1.97 bits per heavy atom. The first-order valence-corrected chi connectivity index (χ1v) is 9.94. The molecule has 2 unspecified atom stereocenters. The average Bonchev–Trinajstić information content (AvgIpc) is 3.38. The molecule has 9 nitrogen and oxygen atoms in total. The van der Waals surface area contributed by atoms with E-state index in [4.69, 9.17) is 4.74 Å². The van der Waals surface area contributed by atoms with E-state index in [0.717, 1.165) is 21.8 Å². The minimum absolute atomic E-state index is 0.0618. The van der Waals surface area contributed by atoms with E-state index in [2.05, 4.69) is 35.1 Å². The second-order valence-corrected chi connectivity index (χ2v) is 7.68. The van der Waals surface area contributed by atoms with Crippen molar-refractivity contribution in [3.63, 3.8) is 0 Å². The summed E-state index contributed by atoms with van der Waals surface area (Å²) in [5, 5.41) is 10.7. The number of ether oxygens (including phenoxy) is 1. The first-order valence-electron chi connectivity index (χ1n) is 9.94. The molecular weight excluding hydrogens is 425 g/mol. The van der Waals surface area contributed by atoms with Crippen molar-refractivity contribution < 1.29 is 17.9 Å². The van der Waals surface area contributed by atoms with Gasteiger partial charge < -0.3 is 9.64 Å². The fraction of sp³-hybridized carbons (Fsp3) is 0.350. The Balaban J connectivity index is 1.49. The number of hydrogen-bond acceptors (Lipinski definition) is 7. The maximum Gasteiger partial charge on any atom is 0.435 e. The number of halogens is 3. The Hall–Kier alpha value is -3.54. The number of aryl methyl sites for hydroxylation is 1. The summed E-state index contributed by atoms with van der Waals surface area (Å²) in [5.74, 6) is 0.637. The quantitative estimate of drug-likeness (QED) is 0.518. The van der Waals surface area contributed by atoms with Crippen LogP contribution >= 0.6 is 0 Å². The van der Waals surface area contributed by atoms with Gasteiger partial charge in [0, 0.05) is 23.9 Å². The van der Waals surface area contributed by atoms with Crippen LogP contribution in [-0.2, 0) is 10.9 Å². The molecule has 1 N–H and O–H groups in total. The number of aromatic amines is 1. The summed E-state index contributed by atoms with van der Waals surface area (Å²) in [6.07, 6.45) is -0.221. The maximum absolute atomic E-state index is 13.1. The first-order chi connectivity index (χ1) is 15.3. The topological polar surface area (TPSA) is 97.1 Å². The summed E-state index contributed by atoms with van der Waals surface area (Å²) >= 11 is 0. The Kier molecular flexibility index (Phi) is 4.81. The number of rotatable bonds is 3. The summed E-state index contributed by atoms with van der Waals surface area (Å²) in [6, 6.07) is 3.91. The fourth-order valence-electron chi connectivity index (χ4n) is 3.85. The van der Waals surface area contributed by atoms with Gasteiger partial charge in [0.25, 0.3) is 0 Å². The minimum Gasteiger partial charge on any atom is -0.367 e. The molecule has 0 aromatic carbocycles. The van der Waals surface area contributed by atoms with E-state index in [1.54, 1.807) is 12.3 Å². The number of imidazole rings is 1. The van der Waals surface area contributed by atoms with Gasteiger partial charge >= 0.3 is 6.18 Å². The molecule has 4 aromatic heterocycles. The van der Waals surface area contributed by atoms with Crippen LogP contribution in [0.4, 0.5) is 19.0 Å². The van der Waals surface area contributed by atoms with Crippen molar-refractivity contribution in [2.24, 2.45) is 0 Å². The van der Waals surface area contributed by atoms with Crippen LogP contribution in [0.2, 0.25) is 0 Å². The van der Waals surface area contributed by atoms with Crippen molar-refractivity contribution in [1.82, 2.24) is 34.8 Å². The van der Waals surface area contributed by atoms with Crippen LogP contribution in [0.3, 0.4) is 0 Å². The third-order valence-electron chi connectivity index (χ3n) is 5.37. The van der Waals surface area contributed by atoms with E-state index < -0.39 is 11.9 Å². The zero-order chi connectivity index (χ0) is 22.5. The highest BCUT2D eigenvalue weighted by Gasteiger charge is 2.33. The molecule has 4 aromatic rings. The number of hydrogen-bond donors (Lipinski definition) is 1. The molecule has 0 saturated carbocycles. The van der Waals surface area contributed by atoms with Crippen LogP contribution in [0.25, 0.3) is 17.0 Å². The van der Waals surface area contributed by atoms with Gasteiger partial charge in [0.15, 0.2) is 11.3 Å². The van der Waals surface area contributed by atoms with Gasteiger partial charge in [-0.05, 0) is 26.0 Å². The highest BCUT2D eigenvalue weighted by Crippen LogP contribution is 2.31. The van der Waals surface area contributed by atoms with Gasteiger partial charge in [-0.2, -0.15) is 23.4 Å². The molecule has 2 atom stereocenters. The zero-order valence-electron chi connectivity index (χ0n) is 17.2. The highest BCUT2D eigenvalue weighted by atomic mass is 19.4. The number of nitrogens with zero attached hydrogens (tertiary/aromatic N) is 7. The molecule has 0 aliphatic carbocycles. The minimum atomic E-state index is -4.56. The lowest BCUT2D eigenvalue weighted by molar-refractivity contribution is -0.141. The zero-order valence-corrected chi connectivity index (χ0v) is 17.2. The van der Waals surface area contributed by atoms with Crippen molar-refractivity contribution in [3.05, 3.63) is 53.9 Å². The van der Waals surface area contributed by atoms with Crippen LogP contribution < -0.4 is 4.90 Å². The molecule has 5 heterocycles. The summed E-state index contributed by atoms with van der Waals surface area (Å²) in [5.41, 5.74) is 1.97. The molecular formula is C20H19F3N8O. The maximum atomic E-state index is 13.1. The predicted octanol–water partition coefficient (Wildman–Crippen LogP) is 3.20. The van der Waals surface area contributed by atoms with Gasteiger partial charge in [-0.3, -0.25) is 5.10 Å². The molecule has 166 valence electrons. The lowest BCUT2D eigenvalue weighted by atomic mass is 10.1. The molecule has 1 saturated heterocycles. The van der Waals surface area contributed by atoms with Gasteiger partial charge in [0.1, 0.15) is 23.9 Å². The predicted molar refractivity (Wildman–Crippen MR) is 108 cm³/mol. The van der Waals surface area contributed by atoms with Gasteiger partial charge in [-0.1, -0.05) is 0 Å². The standard InChI is InChI=1S/C20H19F3N8O/c1-11-8-30(9-16(32-11)13-6-27-28-12(13)2)19-5-14(25-10-26-19)15-7-24-18-4-3-17(20(21,22)23)29-31(15)18/h3-7,10-11,16H,8-9H2,1-2H3,(H,27,28). The van der Waals surface area contributed by atoms with E-state index in [-0.39, 0.29) is 12.2 Å². The second-order valence-electron chi connectivity index (χ2n) is 7.68. The normalized spacial score (nSPS) is 19.6. The molecule has 1 fully saturated rings. The monoisotopic (exact) mass is 444 g/mol. The first kappa shape index (κ1) is 20.4. The molecule has 32 heavy (non-hydrogen) atoms. The molecule has 0 bridgehead atoms. The number of nitrogens with one attached hydrogen (secondary N) is 1. The van der Waals surface area contributed by atoms with E-state index in [1.165, 1.54) is 18.6 Å². The van der Waals surface area contributed by atoms with Crippen LogP contribution in [-0.4, -0.2) is 54.0 Å². The fourth-order valence-corrected chi connectivity index (χ4v) is 3.85. The average molecular weight is 444 g/mol. The lowest BCUT2D eigenvalue weighted by Gasteiger charge is -2.37. The summed E-state index contributed by atoms with van der Waals surface area (Å²) < 4.78 is 46.6. The Bertz CT molecular complexity index is 1270. The molecule has 5 rings (SSSR count). The van der Waals surface area contributed by atoms with Gasteiger partial charge in [-0.15, -0.1) is 0 Å². The number of morpholine rings is 1. The highest BCUT2D eigenvalue weighted by molar-refractivity contribution is 5.62. The lowest BCUT2D eigenvalue weighted by Crippen LogP contribution is -2.43. The number of anilines is 1. The van der Waals surface area contributed by atoms with Gasteiger partial charge in [0.2, 0.25) is 0 Å². The third kappa shape index (κ3) is 3.66. The number of alkyl halides is 3. The largest absolute Gasteiger partial charge is 0.435 e. The number of aromatic nitrogens is 7. The van der Waals surface area contributed by atoms with Crippen molar-refractivity contribution in [2.45, 2.75) is 32.2 Å². The van der Waals surface area contributed by atoms with Crippen LogP contribution in [0, 0.1) is 6.92 Å². The van der Waals surface area contributed by atoms with E-state index in [1.807, 2.05) is 13.8 Å². The molecule has 0 amide bonds. The molecule has 1 aliphatic heterocycles. The molecule has 12 heteroatoms. The molecule has 1 aliphatic rings. The molecule has 0 spiro atoms. The Morgan fingerprint density at radius 1 is 1.12 bits per heavy atom. The number of fused-ring (bicyclic) bond motifs is 1. The van der Waals surface area contributed by atoms with E-state index in [0.29, 0.717) is 35.9 Å². The van der Waals surface area contributed by atoms with Crippen LogP contribution in [0.5, 0.6) is 0 Å². The van der Waals surface area contributed by atoms with Crippen molar-refractivity contribution in [3.8, 4) is 11.4 Å². The molecule has 0 radical (unpaired) electrons. The van der Waals surface area contributed by atoms with E-state index in [9.17, 15) is 13.2 Å². The van der Waals surface area contributed by atoms with Gasteiger partial charge in [-0.25, -0.2) is 19.5 Å². The summed E-state index contributed by atoms with van der Waals surface area (Å²) in [7, 11) is 0. The second kappa shape index (κ2) is 7.55. The van der Waals surface area contributed by atoms with Crippen molar-refractivity contribution in [1.29, 1.82) is 0 Å². The Labute approximate surface area is 180 Å². The van der Waals surface area contributed by atoms with Crippen molar-refractivity contribution >= 4 is 11.5 Å². The summed E-state index contributed by atoms with van der Waals surface area (Å²) in [4.78, 5) is 14.9. The number of H-pyrrole nitrogens is 1. The third-order valence-corrected chi connectivity index (χ3v) is 5.37. The smallest absolute Gasteiger partial charge is 0.367 e.